The molecule has 4 nitrogen and oxygen atoms in total. The van der Waals surface area contributed by atoms with E-state index >= 15 is 0 Å². The Bertz CT molecular complexity index is 321. The lowest BCUT2D eigenvalue weighted by Crippen LogP contribution is -2.35. The number of rotatable bonds is 3. The maximum Gasteiger partial charge on any atom is 0.173 e. The highest BCUT2D eigenvalue weighted by Gasteiger charge is 2.14. The molecule has 2 heterocycles. The van der Waals surface area contributed by atoms with Gasteiger partial charge in [-0.1, -0.05) is 0 Å². The van der Waals surface area contributed by atoms with Crippen molar-refractivity contribution in [2.45, 2.75) is 13.1 Å². The Morgan fingerprint density at radius 2 is 2.13 bits per heavy atom. The number of hydrogen-bond acceptors (Lipinski definition) is 4. The van der Waals surface area contributed by atoms with Crippen molar-refractivity contribution in [1.82, 2.24) is 4.90 Å². The highest BCUT2D eigenvalue weighted by Crippen LogP contribution is 2.23. The van der Waals surface area contributed by atoms with Crippen LogP contribution < -0.4 is 5.73 Å². The summed E-state index contributed by atoms with van der Waals surface area (Å²) in [4.78, 5) is 2.35. The Labute approximate surface area is 97.5 Å². The molecule has 0 aromatic carbocycles. The molecule has 1 aliphatic heterocycles. The van der Waals surface area contributed by atoms with Crippen LogP contribution in [0.5, 0.6) is 0 Å². The van der Waals surface area contributed by atoms with E-state index in [-0.39, 0.29) is 0 Å². The van der Waals surface area contributed by atoms with Crippen LogP contribution in [0.25, 0.3) is 0 Å². The number of morpholine rings is 1. The number of ether oxygens (including phenoxy) is 1. The first-order chi connectivity index (χ1) is 7.29. The molecule has 0 amide bonds. The van der Waals surface area contributed by atoms with E-state index in [2.05, 4.69) is 20.8 Å². The van der Waals surface area contributed by atoms with E-state index < -0.39 is 0 Å². The Kier molecular flexibility index (Phi) is 3.80. The molecule has 1 saturated heterocycles. The normalized spacial score (nSPS) is 18.3. The topological polar surface area (TPSA) is 51.6 Å². The molecule has 0 bridgehead atoms. The van der Waals surface area contributed by atoms with E-state index in [1.165, 1.54) is 0 Å². The lowest BCUT2D eigenvalue weighted by atomic mass is 10.2. The lowest BCUT2D eigenvalue weighted by Gasteiger charge is -2.26. The summed E-state index contributed by atoms with van der Waals surface area (Å²) >= 11 is 3.40. The summed E-state index contributed by atoms with van der Waals surface area (Å²) in [5.74, 6) is 0.824. The molecule has 0 radical (unpaired) electrons. The molecule has 2 N–H and O–H groups in total. The average molecular weight is 275 g/mol. The Hall–Kier alpha value is -0.360. The zero-order valence-corrected chi connectivity index (χ0v) is 10.1. The van der Waals surface area contributed by atoms with Gasteiger partial charge in [0.15, 0.2) is 4.67 Å². The fourth-order valence-corrected chi connectivity index (χ4v) is 2.12. The molecule has 15 heavy (non-hydrogen) atoms. The molecule has 2 rings (SSSR count). The Morgan fingerprint density at radius 3 is 2.73 bits per heavy atom. The maximum atomic E-state index is 5.52. The largest absolute Gasteiger partial charge is 0.453 e. The quantitative estimate of drug-likeness (QED) is 0.904. The predicted molar refractivity (Wildman–Crippen MR) is 60.4 cm³/mol. The van der Waals surface area contributed by atoms with E-state index in [4.69, 9.17) is 14.9 Å². The van der Waals surface area contributed by atoms with Gasteiger partial charge in [-0.25, -0.2) is 0 Å². The number of nitrogens with two attached hydrogens (primary N) is 1. The van der Waals surface area contributed by atoms with E-state index in [1.54, 1.807) is 0 Å². The summed E-state index contributed by atoms with van der Waals surface area (Å²) in [7, 11) is 0. The summed E-state index contributed by atoms with van der Waals surface area (Å²) in [6, 6.07) is 2.01. The molecule has 1 aromatic rings. The van der Waals surface area contributed by atoms with Crippen LogP contribution in [-0.4, -0.2) is 31.2 Å². The molecule has 0 unspecified atom stereocenters. The Balaban J connectivity index is 1.99. The molecule has 0 spiro atoms. The number of furan rings is 1. The fraction of sp³-hybridized carbons (Fsp3) is 0.600. The zero-order valence-electron chi connectivity index (χ0n) is 8.54. The van der Waals surface area contributed by atoms with E-state index in [0.29, 0.717) is 6.54 Å². The van der Waals surface area contributed by atoms with Gasteiger partial charge in [-0.3, -0.25) is 4.90 Å². The van der Waals surface area contributed by atoms with Crippen LogP contribution in [0.1, 0.15) is 11.3 Å². The van der Waals surface area contributed by atoms with Crippen LogP contribution in [0.3, 0.4) is 0 Å². The monoisotopic (exact) mass is 274 g/mol. The molecular formula is C10H15BrN2O2. The maximum absolute atomic E-state index is 5.52. The summed E-state index contributed by atoms with van der Waals surface area (Å²) < 4.78 is 11.5. The third kappa shape index (κ3) is 2.81. The van der Waals surface area contributed by atoms with Crippen LogP contribution in [0.2, 0.25) is 0 Å². The van der Waals surface area contributed by atoms with Gasteiger partial charge < -0.3 is 14.9 Å². The summed E-state index contributed by atoms with van der Waals surface area (Å²) in [5.41, 5.74) is 6.68. The first kappa shape index (κ1) is 11.1. The standard InChI is InChI=1S/C10H15BrN2O2/c11-10-8(5-9(6-12)15-10)7-13-1-3-14-4-2-13/h5H,1-4,6-7,12H2. The molecule has 0 aliphatic carbocycles. The molecular weight excluding hydrogens is 260 g/mol. The number of hydrogen-bond donors (Lipinski definition) is 1. The van der Waals surface area contributed by atoms with Crippen molar-refractivity contribution in [3.05, 3.63) is 22.1 Å². The predicted octanol–water partition coefficient (Wildman–Crippen LogP) is 1.33. The molecule has 0 atom stereocenters. The number of nitrogens with zero attached hydrogens (tertiary/aromatic N) is 1. The first-order valence-corrected chi connectivity index (χ1v) is 5.86. The number of halogens is 1. The van der Waals surface area contributed by atoms with Gasteiger partial charge in [0.05, 0.1) is 19.8 Å². The van der Waals surface area contributed by atoms with Crippen LogP contribution >= 0.6 is 15.9 Å². The van der Waals surface area contributed by atoms with Crippen molar-refractivity contribution < 1.29 is 9.15 Å². The molecule has 1 aliphatic rings. The van der Waals surface area contributed by atoms with Crippen molar-refractivity contribution in [2.75, 3.05) is 26.3 Å². The van der Waals surface area contributed by atoms with Crippen molar-refractivity contribution in [3.8, 4) is 0 Å². The van der Waals surface area contributed by atoms with Crippen molar-refractivity contribution in [3.63, 3.8) is 0 Å². The van der Waals surface area contributed by atoms with Gasteiger partial charge >= 0.3 is 0 Å². The van der Waals surface area contributed by atoms with Crippen LogP contribution in [0.15, 0.2) is 15.2 Å². The van der Waals surface area contributed by atoms with Gasteiger partial charge in [0.2, 0.25) is 0 Å². The lowest BCUT2D eigenvalue weighted by molar-refractivity contribution is 0.0340. The Morgan fingerprint density at radius 1 is 1.40 bits per heavy atom. The summed E-state index contributed by atoms with van der Waals surface area (Å²) in [6.45, 7) is 4.94. The highest BCUT2D eigenvalue weighted by atomic mass is 79.9. The van der Waals surface area contributed by atoms with Crippen molar-refractivity contribution >= 4 is 15.9 Å². The molecule has 1 fully saturated rings. The fourth-order valence-electron chi connectivity index (χ4n) is 1.67. The van der Waals surface area contributed by atoms with Gasteiger partial charge in [-0.2, -0.15) is 0 Å². The van der Waals surface area contributed by atoms with Crippen molar-refractivity contribution in [1.29, 1.82) is 0 Å². The van der Waals surface area contributed by atoms with Crippen LogP contribution in [0.4, 0.5) is 0 Å². The molecule has 1 aromatic heterocycles. The third-order valence-electron chi connectivity index (χ3n) is 2.51. The summed E-state index contributed by atoms with van der Waals surface area (Å²) in [6.07, 6.45) is 0. The summed E-state index contributed by atoms with van der Waals surface area (Å²) in [5, 5.41) is 0. The van der Waals surface area contributed by atoms with E-state index in [1.807, 2.05) is 6.07 Å². The van der Waals surface area contributed by atoms with Crippen LogP contribution in [0, 0.1) is 0 Å². The minimum Gasteiger partial charge on any atom is -0.453 e. The average Bonchev–Trinajstić information content (AvgIpc) is 2.61. The second-order valence-corrected chi connectivity index (χ2v) is 4.32. The van der Waals surface area contributed by atoms with Gasteiger partial charge in [0, 0.05) is 25.2 Å². The van der Waals surface area contributed by atoms with E-state index in [9.17, 15) is 0 Å². The second-order valence-electron chi connectivity index (χ2n) is 3.60. The molecule has 5 heteroatoms. The first-order valence-electron chi connectivity index (χ1n) is 5.07. The van der Waals surface area contributed by atoms with Crippen molar-refractivity contribution in [2.24, 2.45) is 5.73 Å². The minimum atomic E-state index is 0.446. The SMILES string of the molecule is NCc1cc(CN2CCOCC2)c(Br)o1. The minimum absolute atomic E-state index is 0.446. The van der Waals surface area contributed by atoms with Gasteiger partial charge in [-0.15, -0.1) is 0 Å². The second kappa shape index (κ2) is 5.12. The third-order valence-corrected chi connectivity index (χ3v) is 3.18. The molecule has 0 saturated carbocycles. The smallest absolute Gasteiger partial charge is 0.173 e. The van der Waals surface area contributed by atoms with E-state index in [0.717, 1.165) is 48.8 Å². The van der Waals surface area contributed by atoms with Crippen LogP contribution in [-0.2, 0) is 17.8 Å². The van der Waals surface area contributed by atoms with Gasteiger partial charge in [-0.05, 0) is 22.0 Å². The van der Waals surface area contributed by atoms with Gasteiger partial charge in [0.1, 0.15) is 5.76 Å². The van der Waals surface area contributed by atoms with Gasteiger partial charge in [0.25, 0.3) is 0 Å². The molecule has 84 valence electrons. The highest BCUT2D eigenvalue weighted by molar-refractivity contribution is 9.10. The zero-order chi connectivity index (χ0) is 10.7.